The molecule has 1 aliphatic rings. The first-order valence-corrected chi connectivity index (χ1v) is 9.44. The fourth-order valence-corrected chi connectivity index (χ4v) is 3.13. The van der Waals surface area contributed by atoms with Crippen molar-refractivity contribution in [2.24, 2.45) is 4.99 Å². The number of nitrogens with zero attached hydrogens (tertiary/aromatic N) is 7. The quantitative estimate of drug-likeness (QED) is 0.302. The molecular weight excluding hydrogens is 404 g/mol. The van der Waals surface area contributed by atoms with Gasteiger partial charge in [-0.1, -0.05) is 6.07 Å². The van der Waals surface area contributed by atoms with Gasteiger partial charge in [-0.05, 0) is 31.1 Å². The molecule has 1 aromatic carbocycles. The van der Waals surface area contributed by atoms with Gasteiger partial charge in [0.05, 0.1) is 12.2 Å². The number of hydrogen-bond donors (Lipinski definition) is 4. The number of rotatable bonds is 4. The number of para-hydroxylation sites is 1. The minimum Gasteiger partial charge on any atom is -0.493 e. The van der Waals surface area contributed by atoms with E-state index in [0.29, 0.717) is 33.3 Å². The largest absolute Gasteiger partial charge is 0.493 e. The second-order valence-electron chi connectivity index (χ2n) is 7.04. The molecule has 0 amide bonds. The molecule has 31 heavy (non-hydrogen) atoms. The third kappa shape index (κ3) is 3.08. The zero-order chi connectivity index (χ0) is 20.9. The van der Waals surface area contributed by atoms with E-state index >= 15 is 0 Å². The van der Waals surface area contributed by atoms with Crippen molar-refractivity contribution in [3.8, 4) is 17.6 Å². The van der Waals surface area contributed by atoms with Gasteiger partial charge in [0.25, 0.3) is 5.62 Å². The van der Waals surface area contributed by atoms with Crippen molar-refractivity contribution >= 4 is 22.8 Å². The molecule has 0 bridgehead atoms. The summed E-state index contributed by atoms with van der Waals surface area (Å²) in [5.41, 5.74) is 1.62. The van der Waals surface area contributed by atoms with Crippen LogP contribution < -0.4 is 21.3 Å². The normalized spacial score (nSPS) is 15.4. The SMILES string of the molecule is O=c1[nH]c(O)c(C=c2cnn3c(=NC4CC4)nc(Oc4cccc5n[nH]nc45)nc23)[nH]1. The summed E-state index contributed by atoms with van der Waals surface area (Å²) in [6, 6.07) is 5.58. The minimum absolute atomic E-state index is 0.0596. The smallest absolute Gasteiger partial charge is 0.327 e. The molecule has 1 fully saturated rings. The van der Waals surface area contributed by atoms with Crippen LogP contribution in [0.5, 0.6) is 17.6 Å². The van der Waals surface area contributed by atoms with E-state index in [0.717, 1.165) is 12.8 Å². The lowest BCUT2D eigenvalue weighted by atomic mass is 10.3. The Balaban J connectivity index is 1.54. The molecule has 6 rings (SSSR count). The van der Waals surface area contributed by atoms with Gasteiger partial charge < -0.3 is 14.8 Å². The number of imidazole rings is 1. The third-order valence-corrected chi connectivity index (χ3v) is 4.75. The van der Waals surface area contributed by atoms with Crippen LogP contribution >= 0.6 is 0 Å². The van der Waals surface area contributed by atoms with Crippen molar-refractivity contribution in [2.45, 2.75) is 18.9 Å². The van der Waals surface area contributed by atoms with Gasteiger partial charge in [0.1, 0.15) is 11.2 Å². The fraction of sp³-hybridized carbons (Fsp3) is 0.167. The molecule has 0 aliphatic heterocycles. The molecule has 13 heteroatoms. The third-order valence-electron chi connectivity index (χ3n) is 4.75. The molecule has 4 heterocycles. The average Bonchev–Trinajstić information content (AvgIpc) is 3.13. The van der Waals surface area contributed by atoms with E-state index in [2.05, 4.69) is 45.4 Å². The topological polar surface area (TPSA) is 175 Å². The first-order chi connectivity index (χ1) is 15.1. The summed E-state index contributed by atoms with van der Waals surface area (Å²) in [5.74, 6) is 0.154. The highest BCUT2D eigenvalue weighted by molar-refractivity contribution is 5.80. The second-order valence-corrected chi connectivity index (χ2v) is 7.04. The maximum absolute atomic E-state index is 11.4. The maximum Gasteiger partial charge on any atom is 0.327 e. The molecule has 1 saturated carbocycles. The van der Waals surface area contributed by atoms with Gasteiger partial charge in [-0.25, -0.2) is 9.79 Å². The number of fused-ring (bicyclic) bond motifs is 2. The summed E-state index contributed by atoms with van der Waals surface area (Å²) in [6.07, 6.45) is 5.06. The molecule has 5 aromatic rings. The Morgan fingerprint density at radius 2 is 2.13 bits per heavy atom. The molecule has 4 aromatic heterocycles. The van der Waals surface area contributed by atoms with Gasteiger partial charge in [0.15, 0.2) is 16.9 Å². The first kappa shape index (κ1) is 17.3. The van der Waals surface area contributed by atoms with Crippen LogP contribution in [0, 0.1) is 0 Å². The van der Waals surface area contributed by atoms with Gasteiger partial charge in [-0.3, -0.25) is 4.98 Å². The van der Waals surface area contributed by atoms with Crippen LogP contribution in [0.15, 0.2) is 34.2 Å². The van der Waals surface area contributed by atoms with Crippen LogP contribution in [0.4, 0.5) is 0 Å². The number of aromatic hydroxyl groups is 1. The van der Waals surface area contributed by atoms with E-state index in [1.807, 2.05) is 0 Å². The molecular formula is C18H14N10O3. The lowest BCUT2D eigenvalue weighted by Gasteiger charge is -2.04. The van der Waals surface area contributed by atoms with Crippen molar-refractivity contribution in [3.63, 3.8) is 0 Å². The number of H-pyrrole nitrogens is 3. The number of nitrogens with one attached hydrogen (secondary N) is 3. The first-order valence-electron chi connectivity index (χ1n) is 9.44. The molecule has 4 N–H and O–H groups in total. The van der Waals surface area contributed by atoms with Crippen molar-refractivity contribution in [3.05, 3.63) is 51.4 Å². The van der Waals surface area contributed by atoms with Crippen LogP contribution in [0.3, 0.4) is 0 Å². The van der Waals surface area contributed by atoms with Gasteiger partial charge >= 0.3 is 11.7 Å². The van der Waals surface area contributed by atoms with Crippen LogP contribution in [0.25, 0.3) is 22.8 Å². The Labute approximate surface area is 171 Å². The van der Waals surface area contributed by atoms with Gasteiger partial charge in [-0.2, -0.15) is 35.0 Å². The molecule has 1 aliphatic carbocycles. The fourth-order valence-electron chi connectivity index (χ4n) is 3.13. The molecule has 13 nitrogen and oxygen atoms in total. The zero-order valence-electron chi connectivity index (χ0n) is 15.8. The van der Waals surface area contributed by atoms with E-state index < -0.39 is 5.69 Å². The van der Waals surface area contributed by atoms with Crippen LogP contribution in [0.1, 0.15) is 18.5 Å². The highest BCUT2D eigenvalue weighted by Gasteiger charge is 2.21. The Morgan fingerprint density at radius 1 is 1.23 bits per heavy atom. The standard InChI is InChI=1S/C18H14N10O3/c29-15-11(21-17(30)23-15)6-8-7-19-28-14(8)22-18(24-16(28)20-9-4-5-9)31-12-3-1-2-10-13(12)26-27-25-10/h1-3,6-7,9,29H,4-5H2,(H2,21,23,30)(H,25,26,27). The molecule has 0 saturated heterocycles. The second kappa shape index (κ2) is 6.48. The molecule has 0 atom stereocenters. The van der Waals surface area contributed by atoms with Crippen molar-refractivity contribution in [1.82, 2.24) is 45.0 Å². The molecule has 154 valence electrons. The van der Waals surface area contributed by atoms with Crippen molar-refractivity contribution in [2.75, 3.05) is 0 Å². The highest BCUT2D eigenvalue weighted by atomic mass is 16.5. The lowest BCUT2D eigenvalue weighted by molar-refractivity contribution is 0.439. The monoisotopic (exact) mass is 418 g/mol. The molecule has 0 spiro atoms. The Kier molecular flexibility index (Phi) is 3.62. The number of hydrogen-bond acceptors (Lipinski definition) is 9. The van der Waals surface area contributed by atoms with Crippen LogP contribution in [-0.4, -0.2) is 56.1 Å². The predicted molar refractivity (Wildman–Crippen MR) is 105 cm³/mol. The van der Waals surface area contributed by atoms with Gasteiger partial charge in [0.2, 0.25) is 5.88 Å². The highest BCUT2D eigenvalue weighted by Crippen LogP contribution is 2.25. The summed E-state index contributed by atoms with van der Waals surface area (Å²) < 4.78 is 7.43. The maximum atomic E-state index is 11.4. The van der Waals surface area contributed by atoms with Crippen LogP contribution in [-0.2, 0) is 0 Å². The van der Waals surface area contributed by atoms with E-state index in [1.165, 1.54) is 4.52 Å². The van der Waals surface area contributed by atoms with Crippen molar-refractivity contribution in [1.29, 1.82) is 0 Å². The lowest BCUT2D eigenvalue weighted by Crippen LogP contribution is -2.23. The Hall–Kier alpha value is -4.55. The average molecular weight is 418 g/mol. The van der Waals surface area contributed by atoms with Crippen molar-refractivity contribution < 1.29 is 9.84 Å². The van der Waals surface area contributed by atoms with E-state index in [-0.39, 0.29) is 23.6 Å². The molecule has 0 radical (unpaired) electrons. The summed E-state index contributed by atoms with van der Waals surface area (Å²) in [4.78, 5) is 29.7. The van der Waals surface area contributed by atoms with Crippen LogP contribution in [0.2, 0.25) is 0 Å². The van der Waals surface area contributed by atoms with E-state index in [1.54, 1.807) is 30.5 Å². The number of benzene rings is 1. The summed E-state index contributed by atoms with van der Waals surface area (Å²) in [7, 11) is 0. The zero-order valence-corrected chi connectivity index (χ0v) is 15.8. The van der Waals surface area contributed by atoms with Gasteiger partial charge in [0, 0.05) is 5.22 Å². The number of aromatic amines is 3. The summed E-state index contributed by atoms with van der Waals surface area (Å²) in [5, 5.41) is 25.4. The van der Waals surface area contributed by atoms with E-state index in [4.69, 9.17) is 4.74 Å². The number of ether oxygens (including phenoxy) is 1. The Bertz CT molecular complexity index is 1620. The predicted octanol–water partition coefficient (Wildman–Crippen LogP) is -0.479. The summed E-state index contributed by atoms with van der Waals surface area (Å²) >= 11 is 0. The minimum atomic E-state index is -0.524. The van der Waals surface area contributed by atoms with Gasteiger partial charge in [-0.15, -0.1) is 0 Å². The summed E-state index contributed by atoms with van der Waals surface area (Å²) in [6.45, 7) is 0. The van der Waals surface area contributed by atoms with E-state index in [9.17, 15) is 9.90 Å². The Morgan fingerprint density at radius 3 is 2.94 bits per heavy atom. The molecule has 0 unspecified atom stereocenters. The number of aromatic nitrogens is 9.